The lowest BCUT2D eigenvalue weighted by Crippen LogP contribution is -3.00. The molecule has 0 fully saturated rings. The van der Waals surface area contributed by atoms with E-state index in [9.17, 15) is 0 Å². The van der Waals surface area contributed by atoms with Gasteiger partial charge in [-0.05, 0) is 49.2 Å². The summed E-state index contributed by atoms with van der Waals surface area (Å²) in [5, 5.41) is 2.71. The Labute approximate surface area is 159 Å². The van der Waals surface area contributed by atoms with Crippen molar-refractivity contribution in [2.75, 3.05) is 6.54 Å². The van der Waals surface area contributed by atoms with Gasteiger partial charge in [-0.25, -0.2) is 0 Å². The van der Waals surface area contributed by atoms with E-state index < -0.39 is 0 Å². The lowest BCUT2D eigenvalue weighted by atomic mass is 10.1. The molecule has 0 spiro atoms. The standard InChI is InChI=1S/C19H20Cl2N2.ClH/c1-12-3-6-19-17(9-12)16(7-8-22)13(2)23(19)11-14-4-5-15(20)10-18(14)21;/h3-6,9-10H,7-8,11,22H2,1-2H3;1H. The molecule has 24 heavy (non-hydrogen) atoms. The fraction of sp³-hybridized carbons (Fsp3) is 0.263. The predicted molar refractivity (Wildman–Crippen MR) is 98.4 cm³/mol. The Balaban J connectivity index is 0.00000208. The van der Waals surface area contributed by atoms with Crippen LogP contribution in [-0.4, -0.2) is 11.1 Å². The van der Waals surface area contributed by atoms with Crippen LogP contribution in [0.4, 0.5) is 0 Å². The van der Waals surface area contributed by atoms with Crippen LogP contribution in [0.2, 0.25) is 10.0 Å². The van der Waals surface area contributed by atoms with Crippen molar-refractivity contribution in [1.82, 2.24) is 4.57 Å². The molecule has 3 aromatic rings. The van der Waals surface area contributed by atoms with Gasteiger partial charge >= 0.3 is 0 Å². The molecule has 0 unspecified atom stereocenters. The van der Waals surface area contributed by atoms with Crippen molar-refractivity contribution in [1.29, 1.82) is 0 Å². The molecule has 0 bridgehead atoms. The van der Waals surface area contributed by atoms with E-state index in [1.807, 2.05) is 12.1 Å². The van der Waals surface area contributed by atoms with Crippen LogP contribution in [-0.2, 0) is 13.0 Å². The number of nitrogens with zero attached hydrogens (tertiary/aromatic N) is 1. The van der Waals surface area contributed by atoms with Crippen LogP contribution in [0.15, 0.2) is 36.4 Å². The van der Waals surface area contributed by atoms with Gasteiger partial charge in [0.1, 0.15) is 0 Å². The van der Waals surface area contributed by atoms with Crippen LogP contribution in [0, 0.1) is 13.8 Å². The molecular formula is C19H21Cl3N2. The van der Waals surface area contributed by atoms with Crippen LogP contribution in [0.3, 0.4) is 0 Å². The Morgan fingerprint density at radius 3 is 2.46 bits per heavy atom. The summed E-state index contributed by atoms with van der Waals surface area (Å²) in [5.41, 5.74) is 10.3. The van der Waals surface area contributed by atoms with Gasteiger partial charge in [-0.2, -0.15) is 0 Å². The minimum Gasteiger partial charge on any atom is -1.00 e. The SMILES string of the molecule is Cc1ccc2c(c1)c(CC[NH3+])c(C)n2Cc1ccc(Cl)cc1Cl.[Cl-]. The molecule has 3 N–H and O–H groups in total. The van der Waals surface area contributed by atoms with Crippen molar-refractivity contribution >= 4 is 34.1 Å². The van der Waals surface area contributed by atoms with Crippen LogP contribution in [0.1, 0.15) is 22.4 Å². The predicted octanol–water partition coefficient (Wildman–Crippen LogP) is 1.40. The van der Waals surface area contributed by atoms with Crippen molar-refractivity contribution in [2.24, 2.45) is 0 Å². The third kappa shape index (κ3) is 3.57. The fourth-order valence-corrected chi connectivity index (χ4v) is 3.65. The summed E-state index contributed by atoms with van der Waals surface area (Å²) in [5.74, 6) is 0. The molecule has 2 aromatic carbocycles. The number of halogens is 3. The topological polar surface area (TPSA) is 32.6 Å². The van der Waals surface area contributed by atoms with Crippen molar-refractivity contribution in [3.8, 4) is 0 Å². The summed E-state index contributed by atoms with van der Waals surface area (Å²) >= 11 is 12.4. The quantitative estimate of drug-likeness (QED) is 0.706. The van der Waals surface area contributed by atoms with Gasteiger partial charge in [-0.1, -0.05) is 40.9 Å². The van der Waals surface area contributed by atoms with Gasteiger partial charge in [0.05, 0.1) is 6.54 Å². The highest BCUT2D eigenvalue weighted by atomic mass is 35.5. The highest BCUT2D eigenvalue weighted by Crippen LogP contribution is 2.30. The Bertz CT molecular complexity index is 869. The second kappa shape index (κ2) is 7.79. The minimum atomic E-state index is 0. The average Bonchev–Trinajstić information content (AvgIpc) is 2.75. The van der Waals surface area contributed by atoms with E-state index in [2.05, 4.69) is 42.3 Å². The lowest BCUT2D eigenvalue weighted by Gasteiger charge is -2.11. The molecule has 0 aliphatic heterocycles. The largest absolute Gasteiger partial charge is 1.00 e. The van der Waals surface area contributed by atoms with E-state index in [0.29, 0.717) is 10.0 Å². The summed E-state index contributed by atoms with van der Waals surface area (Å²) in [6.07, 6.45) is 0.993. The summed E-state index contributed by atoms with van der Waals surface area (Å²) in [6, 6.07) is 12.3. The third-order valence-corrected chi connectivity index (χ3v) is 4.97. The highest BCUT2D eigenvalue weighted by Gasteiger charge is 2.15. The van der Waals surface area contributed by atoms with Crippen LogP contribution in [0.5, 0.6) is 0 Å². The van der Waals surface area contributed by atoms with Gasteiger partial charge in [0.25, 0.3) is 0 Å². The third-order valence-electron chi connectivity index (χ3n) is 4.38. The Hall–Kier alpha value is -1.19. The number of aromatic nitrogens is 1. The van der Waals surface area contributed by atoms with Crippen molar-refractivity contribution < 1.29 is 18.1 Å². The average molecular weight is 384 g/mol. The molecule has 1 aromatic heterocycles. The molecule has 2 nitrogen and oxygen atoms in total. The molecule has 0 radical (unpaired) electrons. The Morgan fingerprint density at radius 2 is 1.79 bits per heavy atom. The van der Waals surface area contributed by atoms with Gasteiger partial charge < -0.3 is 22.7 Å². The zero-order chi connectivity index (χ0) is 16.6. The summed E-state index contributed by atoms with van der Waals surface area (Å²) in [6.45, 7) is 5.97. The van der Waals surface area contributed by atoms with E-state index in [-0.39, 0.29) is 12.4 Å². The van der Waals surface area contributed by atoms with Crippen molar-refractivity contribution in [2.45, 2.75) is 26.8 Å². The molecule has 0 atom stereocenters. The van der Waals surface area contributed by atoms with Crippen LogP contribution in [0.25, 0.3) is 10.9 Å². The second-order valence-corrected chi connectivity index (χ2v) is 6.85. The number of aryl methyl sites for hydroxylation is 1. The lowest BCUT2D eigenvalue weighted by molar-refractivity contribution is -0.366. The normalized spacial score (nSPS) is 10.9. The molecule has 128 valence electrons. The first-order valence-corrected chi connectivity index (χ1v) is 8.58. The van der Waals surface area contributed by atoms with Gasteiger partial charge in [0.2, 0.25) is 0 Å². The Morgan fingerprint density at radius 1 is 1.04 bits per heavy atom. The fourth-order valence-electron chi connectivity index (χ4n) is 3.18. The molecule has 0 saturated carbocycles. The monoisotopic (exact) mass is 382 g/mol. The first kappa shape index (κ1) is 19.1. The molecule has 0 aliphatic rings. The minimum absolute atomic E-state index is 0. The summed E-state index contributed by atoms with van der Waals surface area (Å²) in [7, 11) is 0. The molecule has 0 saturated heterocycles. The van der Waals surface area contributed by atoms with Gasteiger partial charge in [-0.15, -0.1) is 0 Å². The molecule has 0 aliphatic carbocycles. The zero-order valence-electron chi connectivity index (χ0n) is 13.9. The number of fused-ring (bicyclic) bond motifs is 1. The smallest absolute Gasteiger partial charge is 0.0781 e. The first-order valence-electron chi connectivity index (χ1n) is 7.82. The Kier molecular flexibility index (Phi) is 6.22. The zero-order valence-corrected chi connectivity index (χ0v) is 16.1. The van der Waals surface area contributed by atoms with E-state index in [4.69, 9.17) is 23.2 Å². The van der Waals surface area contributed by atoms with Crippen molar-refractivity contribution in [3.05, 3.63) is 68.8 Å². The van der Waals surface area contributed by atoms with E-state index in [1.165, 1.54) is 27.7 Å². The maximum absolute atomic E-state index is 6.37. The number of benzene rings is 2. The van der Waals surface area contributed by atoms with Crippen LogP contribution < -0.4 is 18.1 Å². The first-order chi connectivity index (χ1) is 11.0. The van der Waals surface area contributed by atoms with E-state index >= 15 is 0 Å². The molecule has 0 amide bonds. The second-order valence-electron chi connectivity index (χ2n) is 6.01. The van der Waals surface area contributed by atoms with Crippen molar-refractivity contribution in [3.63, 3.8) is 0 Å². The van der Waals surface area contributed by atoms with Crippen LogP contribution >= 0.6 is 23.2 Å². The molecule has 1 heterocycles. The van der Waals surface area contributed by atoms with E-state index in [0.717, 1.165) is 25.1 Å². The number of rotatable bonds is 4. The molecule has 5 heteroatoms. The highest BCUT2D eigenvalue weighted by molar-refractivity contribution is 6.35. The number of hydrogen-bond acceptors (Lipinski definition) is 0. The molecule has 3 rings (SSSR count). The maximum atomic E-state index is 6.37. The number of hydrogen-bond donors (Lipinski definition) is 1. The van der Waals surface area contributed by atoms with E-state index in [1.54, 1.807) is 6.07 Å². The summed E-state index contributed by atoms with van der Waals surface area (Å²) < 4.78 is 2.34. The summed E-state index contributed by atoms with van der Waals surface area (Å²) in [4.78, 5) is 0. The van der Waals surface area contributed by atoms with Gasteiger partial charge in [0.15, 0.2) is 0 Å². The maximum Gasteiger partial charge on any atom is 0.0781 e. The molecular weight excluding hydrogens is 363 g/mol. The van der Waals surface area contributed by atoms with Gasteiger partial charge in [-0.3, -0.25) is 0 Å². The number of quaternary nitrogens is 1. The van der Waals surface area contributed by atoms with Gasteiger partial charge in [0, 0.05) is 39.6 Å².